The number of aromatic nitrogens is 1. The molecule has 0 saturated heterocycles. The van der Waals surface area contributed by atoms with Crippen LogP contribution in [0, 0.1) is 0 Å². The molecule has 2 N–H and O–H groups in total. The zero-order valence-electron chi connectivity index (χ0n) is 7.50. The minimum Gasteiger partial charge on any atom is -0.392 e. The lowest BCUT2D eigenvalue weighted by molar-refractivity contribution is 0.343. The predicted octanol–water partition coefficient (Wildman–Crippen LogP) is 2.83. The Morgan fingerprint density at radius 2 is 2.29 bits per heavy atom. The van der Waals surface area contributed by atoms with Gasteiger partial charge in [-0.05, 0) is 12.1 Å². The zero-order chi connectivity index (χ0) is 9.97. The van der Waals surface area contributed by atoms with Crippen molar-refractivity contribution in [1.29, 1.82) is 0 Å². The number of hydrogen-bond acceptors (Lipinski definition) is 1. The van der Waals surface area contributed by atoms with Crippen molar-refractivity contribution < 1.29 is 5.11 Å². The van der Waals surface area contributed by atoms with Gasteiger partial charge in [-0.15, -0.1) is 0 Å². The molecule has 0 fully saturated rings. The van der Waals surface area contributed by atoms with E-state index in [1.165, 1.54) is 0 Å². The third kappa shape index (κ3) is 1.54. The van der Waals surface area contributed by atoms with Gasteiger partial charge in [0, 0.05) is 22.7 Å². The Hall–Kier alpha value is -1.25. The highest BCUT2D eigenvalue weighted by Crippen LogP contribution is 2.27. The van der Waals surface area contributed by atoms with Crippen molar-refractivity contribution in [3.05, 3.63) is 41.1 Å². The molecule has 2 nitrogen and oxygen atoms in total. The second kappa shape index (κ2) is 3.86. The van der Waals surface area contributed by atoms with Crippen LogP contribution in [0.15, 0.2) is 30.5 Å². The summed E-state index contributed by atoms with van der Waals surface area (Å²) in [6, 6.07) is 5.73. The number of aromatic amines is 1. The van der Waals surface area contributed by atoms with Gasteiger partial charge < -0.3 is 10.1 Å². The number of fused-ring (bicyclic) bond motifs is 1. The molecule has 14 heavy (non-hydrogen) atoms. The average molecular weight is 208 g/mol. The summed E-state index contributed by atoms with van der Waals surface area (Å²) in [4.78, 5) is 3.12. The molecular weight excluding hydrogens is 198 g/mol. The van der Waals surface area contributed by atoms with E-state index in [4.69, 9.17) is 16.7 Å². The molecule has 0 saturated carbocycles. The molecule has 0 atom stereocenters. The van der Waals surface area contributed by atoms with E-state index in [0.717, 1.165) is 21.5 Å². The van der Waals surface area contributed by atoms with Gasteiger partial charge in [0.25, 0.3) is 0 Å². The SMILES string of the molecule is OCC=Cc1c[nH]c2cccc(Cl)c12. The third-order valence-electron chi connectivity index (χ3n) is 2.09. The van der Waals surface area contributed by atoms with E-state index >= 15 is 0 Å². The third-order valence-corrected chi connectivity index (χ3v) is 2.40. The van der Waals surface area contributed by atoms with Crippen molar-refractivity contribution in [3.8, 4) is 0 Å². The molecule has 0 bridgehead atoms. The minimum absolute atomic E-state index is 0.0388. The second-order valence-corrected chi connectivity index (χ2v) is 3.40. The Morgan fingerprint density at radius 1 is 1.43 bits per heavy atom. The molecule has 3 heteroatoms. The van der Waals surface area contributed by atoms with Gasteiger partial charge in [0.05, 0.1) is 11.6 Å². The van der Waals surface area contributed by atoms with Gasteiger partial charge in [-0.3, -0.25) is 0 Å². The number of halogens is 1. The Bertz CT molecular complexity index is 473. The molecule has 2 rings (SSSR count). The van der Waals surface area contributed by atoms with Crippen molar-refractivity contribution in [2.24, 2.45) is 0 Å². The molecule has 0 spiro atoms. The first-order valence-electron chi connectivity index (χ1n) is 4.36. The average Bonchev–Trinajstić information content (AvgIpc) is 2.59. The lowest BCUT2D eigenvalue weighted by Gasteiger charge is -1.94. The highest BCUT2D eigenvalue weighted by molar-refractivity contribution is 6.36. The number of hydrogen-bond donors (Lipinski definition) is 2. The number of aliphatic hydroxyl groups is 1. The van der Waals surface area contributed by atoms with Crippen molar-refractivity contribution in [1.82, 2.24) is 4.98 Å². The first-order valence-corrected chi connectivity index (χ1v) is 4.73. The summed E-state index contributed by atoms with van der Waals surface area (Å²) in [5, 5.41) is 10.4. The molecule has 1 aromatic heterocycles. The maximum absolute atomic E-state index is 8.68. The number of H-pyrrole nitrogens is 1. The summed E-state index contributed by atoms with van der Waals surface area (Å²) in [5.41, 5.74) is 2.01. The number of benzene rings is 1. The fourth-order valence-electron chi connectivity index (χ4n) is 1.48. The second-order valence-electron chi connectivity index (χ2n) is 2.99. The van der Waals surface area contributed by atoms with Crippen LogP contribution in [0.25, 0.3) is 17.0 Å². The Labute approximate surface area is 86.8 Å². The smallest absolute Gasteiger partial charge is 0.0615 e. The topological polar surface area (TPSA) is 36.0 Å². The summed E-state index contributed by atoms with van der Waals surface area (Å²) < 4.78 is 0. The molecule has 72 valence electrons. The van der Waals surface area contributed by atoms with Gasteiger partial charge in [-0.1, -0.05) is 29.8 Å². The lowest BCUT2D eigenvalue weighted by Crippen LogP contribution is -1.73. The first-order chi connectivity index (χ1) is 6.83. The molecule has 1 aromatic carbocycles. The van der Waals surface area contributed by atoms with Gasteiger partial charge in [-0.2, -0.15) is 0 Å². The van der Waals surface area contributed by atoms with Gasteiger partial charge in [0.1, 0.15) is 0 Å². The van der Waals surface area contributed by atoms with E-state index in [2.05, 4.69) is 4.98 Å². The van der Waals surface area contributed by atoms with E-state index in [1.807, 2.05) is 30.5 Å². The fraction of sp³-hybridized carbons (Fsp3) is 0.0909. The largest absolute Gasteiger partial charge is 0.392 e. The van der Waals surface area contributed by atoms with Crippen LogP contribution in [0.5, 0.6) is 0 Å². The van der Waals surface area contributed by atoms with Gasteiger partial charge in [0.2, 0.25) is 0 Å². The summed E-state index contributed by atoms with van der Waals surface area (Å²) in [6.45, 7) is 0.0388. The van der Waals surface area contributed by atoms with Crippen LogP contribution in [0.2, 0.25) is 5.02 Å². The van der Waals surface area contributed by atoms with Gasteiger partial charge in [-0.25, -0.2) is 0 Å². The minimum atomic E-state index is 0.0388. The van der Waals surface area contributed by atoms with Crippen molar-refractivity contribution >= 4 is 28.6 Å². The Morgan fingerprint density at radius 3 is 3.07 bits per heavy atom. The lowest BCUT2D eigenvalue weighted by atomic mass is 10.1. The zero-order valence-corrected chi connectivity index (χ0v) is 8.25. The summed E-state index contributed by atoms with van der Waals surface area (Å²) in [5.74, 6) is 0. The highest BCUT2D eigenvalue weighted by atomic mass is 35.5. The van der Waals surface area contributed by atoms with Crippen LogP contribution in [-0.4, -0.2) is 16.7 Å². The van der Waals surface area contributed by atoms with Gasteiger partial charge in [0.15, 0.2) is 0 Å². The summed E-state index contributed by atoms with van der Waals surface area (Å²) in [6.07, 6.45) is 5.42. The van der Waals surface area contributed by atoms with Crippen molar-refractivity contribution in [2.75, 3.05) is 6.61 Å². The van der Waals surface area contributed by atoms with Crippen molar-refractivity contribution in [3.63, 3.8) is 0 Å². The number of nitrogens with one attached hydrogen (secondary N) is 1. The van der Waals surface area contributed by atoms with Crippen LogP contribution in [-0.2, 0) is 0 Å². The van der Waals surface area contributed by atoms with Crippen LogP contribution < -0.4 is 0 Å². The van der Waals surface area contributed by atoms with E-state index in [1.54, 1.807) is 6.08 Å². The monoisotopic (exact) mass is 207 g/mol. The van der Waals surface area contributed by atoms with E-state index in [9.17, 15) is 0 Å². The molecule has 0 unspecified atom stereocenters. The Balaban J connectivity index is 2.61. The van der Waals surface area contributed by atoms with Crippen LogP contribution in [0.3, 0.4) is 0 Å². The Kier molecular flexibility index (Phi) is 2.57. The molecule has 0 aliphatic heterocycles. The molecular formula is C11H10ClNO. The fourth-order valence-corrected chi connectivity index (χ4v) is 1.76. The van der Waals surface area contributed by atoms with E-state index in [0.29, 0.717) is 0 Å². The maximum Gasteiger partial charge on any atom is 0.0615 e. The molecule has 1 heterocycles. The van der Waals surface area contributed by atoms with Gasteiger partial charge >= 0.3 is 0 Å². The van der Waals surface area contributed by atoms with E-state index < -0.39 is 0 Å². The van der Waals surface area contributed by atoms with E-state index in [-0.39, 0.29) is 6.61 Å². The van der Waals surface area contributed by atoms with Crippen LogP contribution in [0.1, 0.15) is 5.56 Å². The maximum atomic E-state index is 8.68. The molecule has 0 amide bonds. The normalized spacial score (nSPS) is 11.6. The number of rotatable bonds is 2. The quantitative estimate of drug-likeness (QED) is 0.781. The summed E-state index contributed by atoms with van der Waals surface area (Å²) >= 11 is 6.07. The van der Waals surface area contributed by atoms with Crippen LogP contribution >= 0.6 is 11.6 Å². The molecule has 0 radical (unpaired) electrons. The molecule has 0 aliphatic rings. The molecule has 2 aromatic rings. The first kappa shape index (κ1) is 9.31. The molecule has 0 aliphatic carbocycles. The number of aliphatic hydroxyl groups excluding tert-OH is 1. The standard InChI is InChI=1S/C11H10ClNO/c12-9-4-1-5-10-11(9)8(7-13-10)3-2-6-14/h1-5,7,13-14H,6H2. The predicted molar refractivity (Wildman–Crippen MR) is 59.4 cm³/mol. The summed E-state index contributed by atoms with van der Waals surface area (Å²) in [7, 11) is 0. The van der Waals surface area contributed by atoms with Crippen molar-refractivity contribution in [2.45, 2.75) is 0 Å². The van der Waals surface area contributed by atoms with Crippen LogP contribution in [0.4, 0.5) is 0 Å². The highest BCUT2D eigenvalue weighted by Gasteiger charge is 2.03.